The normalized spacial score (nSPS) is 10.5. The predicted octanol–water partition coefficient (Wildman–Crippen LogP) is 2.40. The minimum Gasteiger partial charge on any atom is -0.383 e. The Morgan fingerprint density at radius 3 is 2.94 bits per heavy atom. The Morgan fingerprint density at radius 2 is 2.24 bits per heavy atom. The maximum atomic E-state index is 5.01. The molecule has 17 heavy (non-hydrogen) atoms. The quantitative estimate of drug-likeness (QED) is 0.724. The predicted molar refractivity (Wildman–Crippen MR) is 74.3 cm³/mol. The molecule has 0 amide bonds. The summed E-state index contributed by atoms with van der Waals surface area (Å²) in [5.74, 6) is 0.925. The van der Waals surface area contributed by atoms with E-state index >= 15 is 0 Å². The second kappa shape index (κ2) is 8.44. The standard InChI is InChI=1S/C12H20BrN3O/c1-3-4-14-8-10-7-11(13)9-16-12(10)15-5-6-17-2/h7,9,14H,3-6,8H2,1-2H3,(H,15,16). The molecule has 1 aromatic heterocycles. The van der Waals surface area contributed by atoms with Crippen molar-refractivity contribution in [3.05, 3.63) is 22.3 Å². The number of methoxy groups -OCH3 is 1. The van der Waals surface area contributed by atoms with Gasteiger partial charge in [-0.1, -0.05) is 6.92 Å². The second-order valence-corrected chi connectivity index (χ2v) is 4.67. The lowest BCUT2D eigenvalue weighted by atomic mass is 10.2. The van der Waals surface area contributed by atoms with Crippen LogP contribution in [0.3, 0.4) is 0 Å². The SMILES string of the molecule is CCCNCc1cc(Br)cnc1NCCOC. The zero-order chi connectivity index (χ0) is 12.5. The van der Waals surface area contributed by atoms with Crippen molar-refractivity contribution in [3.8, 4) is 0 Å². The molecule has 4 nitrogen and oxygen atoms in total. The first-order valence-electron chi connectivity index (χ1n) is 5.86. The van der Waals surface area contributed by atoms with Crippen molar-refractivity contribution in [1.82, 2.24) is 10.3 Å². The van der Waals surface area contributed by atoms with E-state index in [9.17, 15) is 0 Å². The van der Waals surface area contributed by atoms with E-state index in [1.807, 2.05) is 0 Å². The highest BCUT2D eigenvalue weighted by Gasteiger charge is 2.04. The van der Waals surface area contributed by atoms with E-state index in [0.29, 0.717) is 6.61 Å². The molecule has 0 bridgehead atoms. The molecule has 0 unspecified atom stereocenters. The molecule has 0 saturated heterocycles. The number of pyridine rings is 1. The summed E-state index contributed by atoms with van der Waals surface area (Å²) in [6.07, 6.45) is 2.94. The lowest BCUT2D eigenvalue weighted by Gasteiger charge is -2.11. The van der Waals surface area contributed by atoms with Crippen molar-refractivity contribution < 1.29 is 4.74 Å². The van der Waals surface area contributed by atoms with Gasteiger partial charge in [0.25, 0.3) is 0 Å². The van der Waals surface area contributed by atoms with Crippen LogP contribution in [0.1, 0.15) is 18.9 Å². The monoisotopic (exact) mass is 301 g/mol. The van der Waals surface area contributed by atoms with Gasteiger partial charge in [0.2, 0.25) is 0 Å². The van der Waals surface area contributed by atoms with Gasteiger partial charge in [-0.15, -0.1) is 0 Å². The first kappa shape index (κ1) is 14.4. The van der Waals surface area contributed by atoms with Gasteiger partial charge in [-0.3, -0.25) is 0 Å². The van der Waals surface area contributed by atoms with Crippen molar-refractivity contribution in [3.63, 3.8) is 0 Å². The lowest BCUT2D eigenvalue weighted by molar-refractivity contribution is 0.210. The first-order chi connectivity index (χ1) is 8.27. The molecular formula is C12H20BrN3O. The highest BCUT2D eigenvalue weighted by atomic mass is 79.9. The van der Waals surface area contributed by atoms with Gasteiger partial charge in [0.15, 0.2) is 0 Å². The van der Waals surface area contributed by atoms with Crippen molar-refractivity contribution >= 4 is 21.7 Å². The molecule has 1 rings (SSSR count). The minimum atomic E-state index is 0.680. The molecule has 0 saturated carbocycles. The van der Waals surface area contributed by atoms with E-state index in [2.05, 4.69) is 44.5 Å². The van der Waals surface area contributed by atoms with E-state index in [0.717, 1.165) is 36.3 Å². The van der Waals surface area contributed by atoms with Gasteiger partial charge in [-0.25, -0.2) is 4.98 Å². The van der Waals surface area contributed by atoms with Crippen LogP contribution in [0.4, 0.5) is 5.82 Å². The number of nitrogens with one attached hydrogen (secondary N) is 2. The molecule has 1 heterocycles. The largest absolute Gasteiger partial charge is 0.383 e. The highest BCUT2D eigenvalue weighted by Crippen LogP contribution is 2.17. The van der Waals surface area contributed by atoms with Crippen molar-refractivity contribution in [1.29, 1.82) is 0 Å². The summed E-state index contributed by atoms with van der Waals surface area (Å²) in [5, 5.41) is 6.65. The third kappa shape index (κ3) is 5.48. The average molecular weight is 302 g/mol. The first-order valence-corrected chi connectivity index (χ1v) is 6.65. The second-order valence-electron chi connectivity index (χ2n) is 3.76. The fourth-order valence-electron chi connectivity index (χ4n) is 1.45. The topological polar surface area (TPSA) is 46.2 Å². The van der Waals surface area contributed by atoms with E-state index in [-0.39, 0.29) is 0 Å². The van der Waals surface area contributed by atoms with Crippen molar-refractivity contribution in [2.75, 3.05) is 32.1 Å². The number of hydrogen-bond acceptors (Lipinski definition) is 4. The molecule has 5 heteroatoms. The molecule has 0 spiro atoms. The van der Waals surface area contributed by atoms with Crippen molar-refractivity contribution in [2.45, 2.75) is 19.9 Å². The van der Waals surface area contributed by atoms with Gasteiger partial charge in [-0.2, -0.15) is 0 Å². The Kier molecular flexibility index (Phi) is 7.16. The van der Waals surface area contributed by atoms with Crippen LogP contribution in [-0.4, -0.2) is 31.8 Å². The number of ether oxygens (including phenoxy) is 1. The van der Waals surface area contributed by atoms with Crippen LogP contribution in [0.2, 0.25) is 0 Å². The maximum absolute atomic E-state index is 5.01. The molecule has 0 aliphatic carbocycles. The summed E-state index contributed by atoms with van der Waals surface area (Å²) in [5.41, 5.74) is 1.17. The Hall–Kier alpha value is -0.650. The van der Waals surface area contributed by atoms with E-state index in [1.54, 1.807) is 13.3 Å². The van der Waals surface area contributed by atoms with Crippen LogP contribution < -0.4 is 10.6 Å². The van der Waals surface area contributed by atoms with Gasteiger partial charge < -0.3 is 15.4 Å². The Bertz CT molecular complexity index is 334. The van der Waals surface area contributed by atoms with Crippen LogP contribution in [0.25, 0.3) is 0 Å². The fraction of sp³-hybridized carbons (Fsp3) is 0.583. The summed E-state index contributed by atoms with van der Waals surface area (Å²) in [6, 6.07) is 2.09. The van der Waals surface area contributed by atoms with Gasteiger partial charge in [0.05, 0.1) is 6.61 Å². The van der Waals surface area contributed by atoms with Crippen molar-refractivity contribution in [2.24, 2.45) is 0 Å². The maximum Gasteiger partial charge on any atom is 0.130 e. The van der Waals surface area contributed by atoms with Crippen LogP contribution in [-0.2, 0) is 11.3 Å². The summed E-state index contributed by atoms with van der Waals surface area (Å²) < 4.78 is 6.01. The Labute approximate surface area is 111 Å². The third-order valence-electron chi connectivity index (χ3n) is 2.27. The molecule has 96 valence electrons. The third-order valence-corrected chi connectivity index (χ3v) is 2.71. The summed E-state index contributed by atoms with van der Waals surface area (Å²) >= 11 is 3.44. The number of nitrogens with zero attached hydrogens (tertiary/aromatic N) is 1. The van der Waals surface area contributed by atoms with Gasteiger partial charge in [0.1, 0.15) is 5.82 Å². The Morgan fingerprint density at radius 1 is 1.41 bits per heavy atom. The van der Waals surface area contributed by atoms with Gasteiger partial charge in [-0.05, 0) is 35.0 Å². The zero-order valence-electron chi connectivity index (χ0n) is 10.4. The van der Waals surface area contributed by atoms with E-state index < -0.39 is 0 Å². The Balaban J connectivity index is 2.59. The summed E-state index contributed by atoms with van der Waals surface area (Å²) in [7, 11) is 1.69. The average Bonchev–Trinajstić information content (AvgIpc) is 2.32. The molecule has 0 aliphatic heterocycles. The molecule has 0 aliphatic rings. The minimum absolute atomic E-state index is 0.680. The number of rotatable bonds is 8. The summed E-state index contributed by atoms with van der Waals surface area (Å²) in [4.78, 5) is 4.38. The number of anilines is 1. The molecule has 0 radical (unpaired) electrons. The van der Waals surface area contributed by atoms with Crippen LogP contribution in [0.5, 0.6) is 0 Å². The van der Waals surface area contributed by atoms with Crippen LogP contribution >= 0.6 is 15.9 Å². The molecular weight excluding hydrogens is 282 g/mol. The van der Waals surface area contributed by atoms with Gasteiger partial charge in [0, 0.05) is 36.4 Å². The van der Waals surface area contributed by atoms with E-state index in [1.165, 1.54) is 5.56 Å². The highest BCUT2D eigenvalue weighted by molar-refractivity contribution is 9.10. The number of hydrogen-bond donors (Lipinski definition) is 2. The smallest absolute Gasteiger partial charge is 0.130 e. The fourth-order valence-corrected chi connectivity index (χ4v) is 1.83. The number of aromatic nitrogens is 1. The molecule has 2 N–H and O–H groups in total. The van der Waals surface area contributed by atoms with Gasteiger partial charge >= 0.3 is 0 Å². The van der Waals surface area contributed by atoms with Crippen LogP contribution in [0.15, 0.2) is 16.7 Å². The van der Waals surface area contributed by atoms with E-state index in [4.69, 9.17) is 4.74 Å². The number of halogens is 1. The summed E-state index contributed by atoms with van der Waals surface area (Å²) in [6.45, 7) is 5.45. The molecule has 0 aromatic carbocycles. The molecule has 0 fully saturated rings. The lowest BCUT2D eigenvalue weighted by Crippen LogP contribution is -2.17. The molecule has 1 aromatic rings. The molecule has 0 atom stereocenters. The zero-order valence-corrected chi connectivity index (χ0v) is 12.0. The van der Waals surface area contributed by atoms with Crippen LogP contribution in [0, 0.1) is 0 Å².